The van der Waals surface area contributed by atoms with Gasteiger partial charge in [-0.3, -0.25) is 4.79 Å². The van der Waals surface area contributed by atoms with Crippen molar-refractivity contribution >= 4 is 23.4 Å². The molecular weight excluding hydrogens is 361 g/mol. The van der Waals surface area contributed by atoms with Crippen LogP contribution in [0, 0.1) is 12.7 Å². The first-order chi connectivity index (χ1) is 13.3. The van der Waals surface area contributed by atoms with Gasteiger partial charge in [0, 0.05) is 33.0 Å². The highest BCUT2D eigenvalue weighted by molar-refractivity contribution is 6.04. The van der Waals surface area contributed by atoms with Crippen LogP contribution >= 0.6 is 0 Å². The minimum absolute atomic E-state index is 0.0298. The molecule has 1 N–H and O–H groups in total. The van der Waals surface area contributed by atoms with Crippen molar-refractivity contribution in [3.05, 3.63) is 35.8 Å². The maximum atomic E-state index is 13.0. The zero-order valence-corrected chi connectivity index (χ0v) is 16.4. The first kappa shape index (κ1) is 18.5. The van der Waals surface area contributed by atoms with E-state index in [-0.39, 0.29) is 29.9 Å². The Hall–Kier alpha value is -2.90. The normalized spacial score (nSPS) is 23.9. The number of benzene rings is 1. The smallest absolute Gasteiger partial charge is 0.249 e. The molecule has 0 unspecified atom stereocenters. The Balaban J connectivity index is 1.42. The number of aromatic nitrogens is 2. The van der Waals surface area contributed by atoms with Gasteiger partial charge in [0.15, 0.2) is 5.82 Å². The van der Waals surface area contributed by atoms with Gasteiger partial charge in [0.2, 0.25) is 11.9 Å². The Bertz CT molecular complexity index is 898. The molecule has 148 valence electrons. The molecule has 1 aromatic heterocycles. The summed E-state index contributed by atoms with van der Waals surface area (Å²) in [5, 5.41) is 3.36. The molecule has 28 heavy (non-hydrogen) atoms. The van der Waals surface area contributed by atoms with Crippen LogP contribution in [0.4, 0.5) is 21.8 Å². The largest absolute Gasteiger partial charge is 0.490 e. The Morgan fingerprint density at radius 2 is 1.86 bits per heavy atom. The van der Waals surface area contributed by atoms with Gasteiger partial charge in [-0.1, -0.05) is 0 Å². The molecule has 1 amide bonds. The third-order valence-corrected chi connectivity index (χ3v) is 5.52. The van der Waals surface area contributed by atoms with Crippen molar-refractivity contribution in [3.63, 3.8) is 0 Å². The number of carbonyl (C=O) groups is 1. The van der Waals surface area contributed by atoms with Gasteiger partial charge in [-0.05, 0) is 38.1 Å². The van der Waals surface area contributed by atoms with E-state index in [0.717, 1.165) is 30.0 Å². The highest BCUT2D eigenvalue weighted by Crippen LogP contribution is 2.36. The number of hydrogen-bond donors (Lipinski definition) is 1. The van der Waals surface area contributed by atoms with Crippen LogP contribution < -0.4 is 19.9 Å². The van der Waals surface area contributed by atoms with Crippen LogP contribution in [0.25, 0.3) is 0 Å². The summed E-state index contributed by atoms with van der Waals surface area (Å²) in [6.07, 6.45) is 1.73. The van der Waals surface area contributed by atoms with Gasteiger partial charge in [0.05, 0.1) is 5.69 Å². The molecule has 2 heterocycles. The van der Waals surface area contributed by atoms with Crippen molar-refractivity contribution in [1.29, 1.82) is 0 Å². The van der Waals surface area contributed by atoms with E-state index in [1.54, 1.807) is 24.1 Å². The summed E-state index contributed by atoms with van der Waals surface area (Å²) in [7, 11) is 3.64. The van der Waals surface area contributed by atoms with Crippen LogP contribution in [-0.2, 0) is 4.79 Å². The second kappa shape index (κ2) is 6.92. The molecular formula is C20H24FN5O2. The number of hydrogen-bond acceptors (Lipinski definition) is 6. The molecule has 8 heteroatoms. The van der Waals surface area contributed by atoms with Crippen LogP contribution in [0.2, 0.25) is 0 Å². The molecule has 1 atom stereocenters. The monoisotopic (exact) mass is 385 g/mol. The molecule has 0 spiro atoms. The number of carbonyl (C=O) groups excluding carboxylic acids is 1. The first-order valence-electron chi connectivity index (χ1n) is 9.41. The van der Waals surface area contributed by atoms with Crippen LogP contribution in [0.3, 0.4) is 0 Å². The topological polar surface area (TPSA) is 70.6 Å². The van der Waals surface area contributed by atoms with Crippen LogP contribution in [0.1, 0.15) is 25.5 Å². The van der Waals surface area contributed by atoms with Gasteiger partial charge < -0.3 is 19.9 Å². The molecule has 0 saturated heterocycles. The molecule has 1 aliphatic heterocycles. The Labute approximate surface area is 163 Å². The molecule has 0 radical (unpaired) electrons. The second-order valence-electron chi connectivity index (χ2n) is 7.50. The summed E-state index contributed by atoms with van der Waals surface area (Å²) < 4.78 is 18.8. The Kier molecular flexibility index (Phi) is 4.56. The average Bonchev–Trinajstić information content (AvgIpc) is 2.64. The summed E-state index contributed by atoms with van der Waals surface area (Å²) in [5.41, 5.74) is 1.52. The van der Waals surface area contributed by atoms with Crippen molar-refractivity contribution in [1.82, 2.24) is 9.97 Å². The van der Waals surface area contributed by atoms with Crippen LogP contribution in [0.15, 0.2) is 24.3 Å². The maximum absolute atomic E-state index is 13.0. The highest BCUT2D eigenvalue weighted by Gasteiger charge is 2.36. The molecule has 1 aromatic carbocycles. The predicted octanol–water partition coefficient (Wildman–Crippen LogP) is 2.75. The molecule has 7 nitrogen and oxygen atoms in total. The lowest BCUT2D eigenvalue weighted by Gasteiger charge is -2.38. The highest BCUT2D eigenvalue weighted by atomic mass is 19.1. The average molecular weight is 385 g/mol. The number of nitrogens with one attached hydrogen (secondary N) is 1. The van der Waals surface area contributed by atoms with Crippen molar-refractivity contribution in [3.8, 4) is 5.75 Å². The Morgan fingerprint density at radius 1 is 1.18 bits per heavy atom. The van der Waals surface area contributed by atoms with E-state index in [4.69, 9.17) is 4.74 Å². The van der Waals surface area contributed by atoms with E-state index in [1.807, 2.05) is 25.8 Å². The molecule has 1 saturated carbocycles. The number of halogens is 1. The number of likely N-dealkylation sites (N-methyl/N-ethyl adjacent to an activating group) is 2. The van der Waals surface area contributed by atoms with Gasteiger partial charge in [0.1, 0.15) is 29.4 Å². The predicted molar refractivity (Wildman–Crippen MR) is 106 cm³/mol. The van der Waals surface area contributed by atoms with Crippen LogP contribution in [0.5, 0.6) is 5.75 Å². The zero-order chi connectivity index (χ0) is 20.0. The summed E-state index contributed by atoms with van der Waals surface area (Å²) in [5.74, 6) is 1.75. The van der Waals surface area contributed by atoms with Crippen molar-refractivity contribution in [2.45, 2.75) is 44.9 Å². The van der Waals surface area contributed by atoms with Gasteiger partial charge in [-0.2, -0.15) is 4.98 Å². The molecule has 2 aliphatic rings. The summed E-state index contributed by atoms with van der Waals surface area (Å²) in [6.45, 7) is 3.76. The first-order valence-corrected chi connectivity index (χ1v) is 9.41. The van der Waals surface area contributed by atoms with E-state index in [0.29, 0.717) is 11.7 Å². The van der Waals surface area contributed by atoms with Crippen molar-refractivity contribution in [2.75, 3.05) is 29.2 Å². The van der Waals surface area contributed by atoms with Crippen LogP contribution in [-0.4, -0.2) is 48.2 Å². The lowest BCUT2D eigenvalue weighted by Crippen LogP contribution is -2.50. The lowest BCUT2D eigenvalue weighted by atomic mass is 9.89. The molecule has 2 aromatic rings. The van der Waals surface area contributed by atoms with E-state index >= 15 is 0 Å². The van der Waals surface area contributed by atoms with E-state index in [2.05, 4.69) is 15.3 Å². The van der Waals surface area contributed by atoms with Gasteiger partial charge in [-0.15, -0.1) is 0 Å². The van der Waals surface area contributed by atoms with E-state index in [1.165, 1.54) is 12.1 Å². The summed E-state index contributed by atoms with van der Waals surface area (Å²) >= 11 is 0. The Morgan fingerprint density at radius 3 is 2.54 bits per heavy atom. The van der Waals surface area contributed by atoms with E-state index in [9.17, 15) is 9.18 Å². The number of ether oxygens (including phenoxy) is 1. The van der Waals surface area contributed by atoms with Crippen molar-refractivity contribution < 1.29 is 13.9 Å². The fourth-order valence-electron chi connectivity index (χ4n) is 3.66. The number of aryl methyl sites for hydroxylation is 1. The lowest BCUT2D eigenvalue weighted by molar-refractivity contribution is -0.119. The quantitative estimate of drug-likeness (QED) is 0.873. The minimum Gasteiger partial charge on any atom is -0.490 e. The number of rotatable bonds is 4. The molecule has 1 fully saturated rings. The maximum Gasteiger partial charge on any atom is 0.249 e. The third kappa shape index (κ3) is 3.23. The standard InChI is InChI=1S/C20H24FN5O2/c1-11-17-18(25(3)12(2)19(27)26(17)4)24-20(22-11)23-14-9-16(10-14)28-15-7-5-13(21)6-8-15/h5-8,12,14,16H,9-10H2,1-4H3,(H,22,23,24)/t12-,14?,16?/m0/s1. The second-order valence-corrected chi connectivity index (χ2v) is 7.50. The minimum atomic E-state index is -0.271. The summed E-state index contributed by atoms with van der Waals surface area (Å²) in [6, 6.07) is 6.02. The number of nitrogens with zero attached hydrogens (tertiary/aromatic N) is 4. The third-order valence-electron chi connectivity index (χ3n) is 5.52. The SMILES string of the molecule is Cc1nc(NC2CC(Oc3ccc(F)cc3)C2)nc2c1N(C)C(=O)[C@H](C)N2C. The zero-order valence-electron chi connectivity index (χ0n) is 16.4. The van der Waals surface area contributed by atoms with E-state index < -0.39 is 0 Å². The fourth-order valence-corrected chi connectivity index (χ4v) is 3.66. The number of fused-ring (bicyclic) bond motifs is 1. The van der Waals surface area contributed by atoms with Crippen molar-refractivity contribution in [2.24, 2.45) is 0 Å². The van der Waals surface area contributed by atoms with Gasteiger partial charge in [0.25, 0.3) is 0 Å². The number of anilines is 3. The van der Waals surface area contributed by atoms with Gasteiger partial charge in [-0.25, -0.2) is 9.37 Å². The molecule has 4 rings (SSSR count). The summed E-state index contributed by atoms with van der Waals surface area (Å²) in [4.78, 5) is 25.1. The molecule has 1 aliphatic carbocycles. The number of amides is 1. The van der Waals surface area contributed by atoms with Gasteiger partial charge >= 0.3 is 0 Å². The molecule has 0 bridgehead atoms. The fraction of sp³-hybridized carbons (Fsp3) is 0.450.